The van der Waals surface area contributed by atoms with Gasteiger partial charge in [-0.3, -0.25) is 13.8 Å². The van der Waals surface area contributed by atoms with Crippen molar-refractivity contribution in [1.82, 2.24) is 10.2 Å². The summed E-state index contributed by atoms with van der Waals surface area (Å²) >= 11 is 0. The van der Waals surface area contributed by atoms with E-state index in [1.54, 1.807) is 18.0 Å². The summed E-state index contributed by atoms with van der Waals surface area (Å²) in [4.78, 5) is 23.1. The second-order valence-corrected chi connectivity index (χ2v) is 9.46. The number of ether oxygens (including phenoxy) is 1. The van der Waals surface area contributed by atoms with E-state index >= 15 is 0 Å². The van der Waals surface area contributed by atoms with Crippen molar-refractivity contribution >= 4 is 13.7 Å². The van der Waals surface area contributed by atoms with E-state index < -0.39 is 26.3 Å². The third-order valence-corrected chi connectivity index (χ3v) is 5.65. The Kier molecular flexibility index (Phi) is 7.47. The summed E-state index contributed by atoms with van der Waals surface area (Å²) in [7, 11) is -4.26. The highest BCUT2D eigenvalue weighted by Crippen LogP contribution is 2.46. The Labute approximate surface area is 166 Å². The molecule has 3 unspecified atom stereocenters. The predicted molar refractivity (Wildman–Crippen MR) is 103 cm³/mol. The maximum atomic E-state index is 12.1. The summed E-state index contributed by atoms with van der Waals surface area (Å²) in [5, 5.41) is 12.8. The second kappa shape index (κ2) is 9.07. The smallest absolute Gasteiger partial charge is 0.390 e. The summed E-state index contributed by atoms with van der Waals surface area (Å²) in [5.74, 6) is 0.0905. The van der Waals surface area contributed by atoms with E-state index in [9.17, 15) is 19.4 Å². The van der Waals surface area contributed by atoms with Gasteiger partial charge < -0.3 is 25.0 Å². The van der Waals surface area contributed by atoms with Crippen molar-refractivity contribution in [3.8, 4) is 0 Å². The number of hydrogen-bond donors (Lipinski definition) is 3. The fourth-order valence-corrected chi connectivity index (χ4v) is 4.06. The minimum absolute atomic E-state index is 0.0860. The van der Waals surface area contributed by atoms with E-state index in [0.29, 0.717) is 11.4 Å². The summed E-state index contributed by atoms with van der Waals surface area (Å²) in [5.41, 5.74) is 0.238. The van der Waals surface area contributed by atoms with E-state index in [1.807, 2.05) is 20.8 Å². The number of aliphatic hydroxyl groups excluding tert-OH is 1. The zero-order valence-electron chi connectivity index (χ0n) is 16.9. The third-order valence-electron chi connectivity index (χ3n) is 4.72. The molecule has 0 aromatic rings. The van der Waals surface area contributed by atoms with E-state index in [0.717, 1.165) is 12.8 Å². The highest BCUT2D eigenvalue weighted by molar-refractivity contribution is 7.47. The fraction of sp³-hybridized carbons (Fsp3) is 0.722. The lowest BCUT2D eigenvalue weighted by molar-refractivity contribution is -0.118. The molecule has 0 radical (unpaired) electrons. The Bertz CT molecular complexity index is 679. The molecule has 0 saturated carbocycles. The summed E-state index contributed by atoms with van der Waals surface area (Å²) in [6, 6.07) is 0. The first-order chi connectivity index (χ1) is 12.9. The molecule has 10 heteroatoms. The van der Waals surface area contributed by atoms with Crippen molar-refractivity contribution in [3.05, 3.63) is 24.2 Å². The van der Waals surface area contributed by atoms with Crippen molar-refractivity contribution < 1.29 is 33.1 Å². The number of aliphatic hydroxyl groups is 1. The minimum Gasteiger partial charge on any atom is -0.390 e. The average Bonchev–Trinajstić information content (AvgIpc) is 2.95. The SMILES string of the molecule is C=C1NC(=O)C(C)=CN1C1C[C@@H](O)C(COP(=O)(O)OCC(C)(C)CCC)O1. The Morgan fingerprint density at radius 1 is 1.46 bits per heavy atom. The van der Waals surface area contributed by atoms with E-state index in [1.165, 1.54) is 0 Å². The normalized spacial score (nSPS) is 28.1. The van der Waals surface area contributed by atoms with Crippen LogP contribution < -0.4 is 5.32 Å². The van der Waals surface area contributed by atoms with Gasteiger partial charge in [0.2, 0.25) is 0 Å². The topological polar surface area (TPSA) is 118 Å². The summed E-state index contributed by atoms with van der Waals surface area (Å²) < 4.78 is 28.0. The summed E-state index contributed by atoms with van der Waals surface area (Å²) in [6.45, 7) is 11.1. The van der Waals surface area contributed by atoms with Crippen LogP contribution in [0.25, 0.3) is 0 Å². The van der Waals surface area contributed by atoms with Crippen molar-refractivity contribution in [1.29, 1.82) is 0 Å². The highest BCUT2D eigenvalue weighted by atomic mass is 31.2. The summed E-state index contributed by atoms with van der Waals surface area (Å²) in [6.07, 6.45) is 1.33. The second-order valence-electron chi connectivity index (χ2n) is 8.00. The molecule has 28 heavy (non-hydrogen) atoms. The Hall–Kier alpha value is -1.22. The zero-order valence-corrected chi connectivity index (χ0v) is 17.8. The molecule has 3 N–H and O–H groups in total. The number of phosphoric ester groups is 1. The lowest BCUT2D eigenvalue weighted by atomic mass is 9.89. The van der Waals surface area contributed by atoms with E-state index in [2.05, 4.69) is 11.9 Å². The van der Waals surface area contributed by atoms with Gasteiger partial charge in [0, 0.05) is 18.2 Å². The van der Waals surface area contributed by atoms with Gasteiger partial charge >= 0.3 is 7.82 Å². The van der Waals surface area contributed by atoms with Gasteiger partial charge in [0.1, 0.15) is 18.2 Å². The third kappa shape index (κ3) is 6.14. The molecule has 9 nitrogen and oxygen atoms in total. The van der Waals surface area contributed by atoms with Gasteiger partial charge in [-0.1, -0.05) is 33.8 Å². The van der Waals surface area contributed by atoms with Crippen molar-refractivity contribution in [2.45, 2.75) is 65.4 Å². The molecule has 2 rings (SSSR count). The minimum atomic E-state index is -4.26. The van der Waals surface area contributed by atoms with Crippen LogP contribution in [0.15, 0.2) is 24.2 Å². The molecule has 2 aliphatic heterocycles. The first-order valence-electron chi connectivity index (χ1n) is 9.36. The first kappa shape index (κ1) is 23.1. The van der Waals surface area contributed by atoms with Crippen molar-refractivity contribution in [3.63, 3.8) is 0 Å². The van der Waals surface area contributed by atoms with Gasteiger partial charge in [0.15, 0.2) is 0 Å². The standard InChI is InChI=1S/C18H31N2O7P/c1-6-7-18(4,5)11-26-28(23,24)25-10-15-14(21)8-16(27-15)20-9-12(2)17(22)19-13(20)3/h9,14-16,21H,3,6-8,10-11H2,1-2,4-5H3,(H,19,22)(H,23,24)/t14-,15?,16?/m1/s1. The van der Waals surface area contributed by atoms with Gasteiger partial charge in [0.05, 0.1) is 19.3 Å². The molecule has 0 bridgehead atoms. The average molecular weight is 418 g/mol. The molecule has 2 heterocycles. The maximum absolute atomic E-state index is 12.1. The molecule has 0 aliphatic carbocycles. The Morgan fingerprint density at radius 2 is 2.14 bits per heavy atom. The van der Waals surface area contributed by atoms with Gasteiger partial charge in [-0.25, -0.2) is 4.57 Å². The predicted octanol–water partition coefficient (Wildman–Crippen LogP) is 2.23. The van der Waals surface area contributed by atoms with Gasteiger partial charge in [-0.2, -0.15) is 0 Å². The number of nitrogens with zero attached hydrogens (tertiary/aromatic N) is 1. The Morgan fingerprint density at radius 3 is 2.79 bits per heavy atom. The van der Waals surface area contributed by atoms with Crippen LogP contribution in [0.1, 0.15) is 47.0 Å². The van der Waals surface area contributed by atoms with E-state index in [-0.39, 0.29) is 31.0 Å². The van der Waals surface area contributed by atoms with Crippen LogP contribution in [0.4, 0.5) is 0 Å². The largest absolute Gasteiger partial charge is 0.472 e. The molecule has 1 fully saturated rings. The van der Waals surface area contributed by atoms with E-state index in [4.69, 9.17) is 13.8 Å². The van der Waals surface area contributed by atoms with Crippen molar-refractivity contribution in [2.24, 2.45) is 5.41 Å². The lowest BCUT2D eigenvalue weighted by Crippen LogP contribution is -2.42. The number of amides is 1. The van der Waals surface area contributed by atoms with Gasteiger partial charge in [-0.05, 0) is 18.8 Å². The zero-order chi connectivity index (χ0) is 21.1. The Balaban J connectivity index is 1.89. The first-order valence-corrected chi connectivity index (χ1v) is 10.9. The number of hydrogen-bond acceptors (Lipinski definition) is 7. The molecular formula is C18H31N2O7P. The lowest BCUT2D eigenvalue weighted by Gasteiger charge is -2.32. The molecule has 4 atom stereocenters. The monoisotopic (exact) mass is 418 g/mol. The number of rotatable bonds is 9. The number of carbonyl (C=O) groups is 1. The molecule has 0 spiro atoms. The van der Waals surface area contributed by atoms with Crippen LogP contribution in [0.2, 0.25) is 0 Å². The van der Waals surface area contributed by atoms with Gasteiger partial charge in [0.25, 0.3) is 5.91 Å². The van der Waals surface area contributed by atoms with Crippen LogP contribution in [-0.4, -0.2) is 52.5 Å². The molecule has 0 aromatic heterocycles. The van der Waals surface area contributed by atoms with Crippen LogP contribution in [0.3, 0.4) is 0 Å². The van der Waals surface area contributed by atoms with Crippen LogP contribution >= 0.6 is 7.82 Å². The molecule has 1 amide bonds. The van der Waals surface area contributed by atoms with Crippen LogP contribution in [0, 0.1) is 5.41 Å². The van der Waals surface area contributed by atoms with Crippen LogP contribution in [-0.2, 0) is 23.1 Å². The quantitative estimate of drug-likeness (QED) is 0.488. The number of carbonyl (C=O) groups excluding carboxylic acids is 1. The fourth-order valence-electron chi connectivity index (χ4n) is 3.14. The molecule has 160 valence electrons. The van der Waals surface area contributed by atoms with Crippen LogP contribution in [0.5, 0.6) is 0 Å². The highest BCUT2D eigenvalue weighted by Gasteiger charge is 2.40. The maximum Gasteiger partial charge on any atom is 0.472 e. The number of nitrogens with one attached hydrogen (secondary N) is 1. The number of phosphoric acid groups is 1. The molecule has 0 aromatic carbocycles. The molecule has 2 aliphatic rings. The van der Waals surface area contributed by atoms with Gasteiger partial charge in [-0.15, -0.1) is 0 Å². The molecular weight excluding hydrogens is 387 g/mol. The van der Waals surface area contributed by atoms with Crippen molar-refractivity contribution in [2.75, 3.05) is 13.2 Å². The molecule has 1 saturated heterocycles.